The Labute approximate surface area is 392 Å². The SMILES string of the molecule is COc1ccc2nc(C(C)C)c3c(c2c1)C(F)(F)C[C@]1(C[C@H]2C(=O)N[C@]4(C(=O)NS(=O)(=O)C5(C)CC5)CC[C@H]4/C=C\CCCCC[C@H](NC(=O)OC(C)(C)CCS(=O)(=O)C(C)C)C(=O)N2C1)O3. The van der Waals surface area contributed by atoms with Crippen molar-refractivity contribution in [3.8, 4) is 11.5 Å². The number of allylic oxidation sites excluding steroid dienone is 1. The Bertz CT molecular complexity index is 2560. The topological polar surface area (TPSA) is 216 Å². The van der Waals surface area contributed by atoms with Gasteiger partial charge in [0, 0.05) is 24.1 Å². The molecule has 4 heterocycles. The van der Waals surface area contributed by atoms with Crippen molar-refractivity contribution in [3.63, 3.8) is 0 Å². The minimum absolute atomic E-state index is 0.0386. The number of hydrogen-bond donors (Lipinski definition) is 3. The van der Waals surface area contributed by atoms with E-state index in [1.807, 2.05) is 6.08 Å². The van der Waals surface area contributed by atoms with Gasteiger partial charge in [0.25, 0.3) is 11.8 Å². The average Bonchev–Trinajstić information content (AvgIpc) is 3.90. The Hall–Kier alpha value is -4.59. The van der Waals surface area contributed by atoms with Crippen LogP contribution in [0.15, 0.2) is 30.4 Å². The zero-order chi connectivity index (χ0) is 49.1. The molecule has 2 aromatic rings. The maximum Gasteiger partial charge on any atom is 0.408 e. The van der Waals surface area contributed by atoms with Crippen molar-refractivity contribution in [2.75, 3.05) is 19.4 Å². The third-order valence-electron chi connectivity index (χ3n) is 14.4. The first-order valence-corrected chi connectivity index (χ1v) is 26.5. The van der Waals surface area contributed by atoms with Gasteiger partial charge in [0.1, 0.15) is 34.6 Å². The summed E-state index contributed by atoms with van der Waals surface area (Å²) in [5, 5.41) is 4.96. The molecule has 2 aliphatic carbocycles. The summed E-state index contributed by atoms with van der Waals surface area (Å²) in [6.45, 7) is 10.8. The number of carbonyl (C=O) groups excluding carboxylic acids is 4. The van der Waals surface area contributed by atoms with Crippen LogP contribution in [0.2, 0.25) is 0 Å². The molecule has 5 aliphatic rings. The summed E-state index contributed by atoms with van der Waals surface area (Å²) in [5.41, 5.74) is -4.81. The first-order chi connectivity index (χ1) is 31.2. The van der Waals surface area contributed by atoms with Crippen LogP contribution in [0.3, 0.4) is 0 Å². The second kappa shape index (κ2) is 18.1. The summed E-state index contributed by atoms with van der Waals surface area (Å²) >= 11 is 0. The van der Waals surface area contributed by atoms with Gasteiger partial charge in [0.2, 0.25) is 21.8 Å². The number of sulfone groups is 1. The molecule has 20 heteroatoms. The van der Waals surface area contributed by atoms with Crippen LogP contribution >= 0.6 is 0 Å². The van der Waals surface area contributed by atoms with Gasteiger partial charge in [-0.1, -0.05) is 38.8 Å². The Kier molecular flexibility index (Phi) is 13.6. The van der Waals surface area contributed by atoms with Gasteiger partial charge in [-0.15, -0.1) is 0 Å². The van der Waals surface area contributed by atoms with E-state index in [9.17, 15) is 26.4 Å². The highest BCUT2D eigenvalue weighted by molar-refractivity contribution is 7.92. The van der Waals surface area contributed by atoms with E-state index >= 15 is 18.4 Å². The molecule has 0 unspecified atom stereocenters. The van der Waals surface area contributed by atoms with Crippen molar-refractivity contribution >= 4 is 54.6 Å². The number of carbonyl (C=O) groups is 4. The molecule has 5 atom stereocenters. The number of methoxy groups -OCH3 is 1. The summed E-state index contributed by atoms with van der Waals surface area (Å²) in [4.78, 5) is 64.0. The smallest absolute Gasteiger partial charge is 0.408 e. The number of halogens is 2. The molecule has 0 radical (unpaired) electrons. The molecule has 0 bridgehead atoms. The Morgan fingerprint density at radius 2 is 1.76 bits per heavy atom. The lowest BCUT2D eigenvalue weighted by molar-refractivity contribution is -0.145. The number of alkyl halides is 2. The summed E-state index contributed by atoms with van der Waals surface area (Å²) in [6.07, 6.45) is 4.68. The summed E-state index contributed by atoms with van der Waals surface area (Å²) < 4.78 is 106. The number of fused-ring (bicyclic) bond motifs is 5. The fourth-order valence-electron chi connectivity index (χ4n) is 9.63. The number of sulfonamides is 1. The van der Waals surface area contributed by atoms with Crippen LogP contribution in [0.5, 0.6) is 11.5 Å². The van der Waals surface area contributed by atoms with E-state index in [2.05, 4.69) is 15.4 Å². The predicted molar refractivity (Wildman–Crippen MR) is 246 cm³/mol. The highest BCUT2D eigenvalue weighted by Gasteiger charge is 2.62. The largest absolute Gasteiger partial charge is 0.497 e. The molecule has 1 aromatic heterocycles. The van der Waals surface area contributed by atoms with Gasteiger partial charge in [-0.25, -0.2) is 35.4 Å². The molecular weight excluding hydrogens is 913 g/mol. The number of nitrogens with zero attached hydrogens (tertiary/aromatic N) is 2. The molecule has 4 amide bonds. The van der Waals surface area contributed by atoms with Crippen LogP contribution in [0.1, 0.15) is 143 Å². The van der Waals surface area contributed by atoms with E-state index in [0.29, 0.717) is 56.2 Å². The fraction of sp³-hybridized carbons (Fsp3) is 0.681. The first kappa shape index (κ1) is 50.3. The van der Waals surface area contributed by atoms with Gasteiger partial charge >= 0.3 is 6.09 Å². The highest BCUT2D eigenvalue weighted by Crippen LogP contribution is 2.55. The van der Waals surface area contributed by atoms with E-state index in [1.54, 1.807) is 59.8 Å². The van der Waals surface area contributed by atoms with Crippen molar-refractivity contribution in [3.05, 3.63) is 41.6 Å². The number of rotatable bonds is 11. The zero-order valence-electron chi connectivity index (χ0n) is 39.6. The molecule has 1 aromatic carbocycles. The van der Waals surface area contributed by atoms with Crippen LogP contribution in [-0.2, 0) is 44.9 Å². The van der Waals surface area contributed by atoms with Crippen molar-refractivity contribution in [2.24, 2.45) is 5.92 Å². The maximum absolute atomic E-state index is 17.3. The molecule has 3 N–H and O–H groups in total. The number of pyridine rings is 1. The van der Waals surface area contributed by atoms with Crippen LogP contribution in [0.25, 0.3) is 10.9 Å². The number of ether oxygens (including phenoxy) is 3. The molecule has 3 aliphatic heterocycles. The zero-order valence-corrected chi connectivity index (χ0v) is 41.3. The van der Waals surface area contributed by atoms with E-state index in [-0.39, 0.29) is 41.8 Å². The molecule has 1 saturated heterocycles. The Balaban J connectivity index is 1.28. The lowest BCUT2D eigenvalue weighted by Gasteiger charge is -2.48. The standard InChI is InChI=1S/C47H65F2N5O11S2/c1-28(2)37-38-36(32-24-31(63-8)16-17-33(32)50-37)47(48,49)26-45(64-38)25-35-39(55)52-46(41(57)53-67(61,62)44(7)20-21-44)19-18-30(46)14-12-10-9-11-13-15-34(40(56)54(35)27-45)51-42(58)65-43(5,6)22-23-66(59,60)29(3)4/h12,14,16-17,24,28-30,34-35H,9-11,13,15,18-23,25-27H2,1-8H3,(H,51,58)(H,52,55)(H,53,57)/b14-12-/t30-,34+,35+,45+,46-/m1/s1. The third kappa shape index (κ3) is 9.97. The van der Waals surface area contributed by atoms with Gasteiger partial charge < -0.3 is 29.7 Å². The molecule has 2 saturated carbocycles. The third-order valence-corrected chi connectivity index (χ3v) is 18.8. The lowest BCUT2D eigenvalue weighted by atomic mass is 9.65. The molecule has 3 fully saturated rings. The number of nitrogens with one attached hydrogen (secondary N) is 3. The number of aromatic nitrogens is 1. The number of alkyl carbamates (subject to hydrolysis) is 1. The average molecular weight is 978 g/mol. The second-order valence-electron chi connectivity index (χ2n) is 20.7. The van der Waals surface area contributed by atoms with Crippen molar-refractivity contribution in [1.82, 2.24) is 25.2 Å². The number of benzene rings is 1. The minimum Gasteiger partial charge on any atom is -0.497 e. The quantitative estimate of drug-likeness (QED) is 0.207. The molecular formula is C47H65F2N5O11S2. The summed E-state index contributed by atoms with van der Waals surface area (Å²) in [7, 11) is -6.22. The molecule has 67 heavy (non-hydrogen) atoms. The fourth-order valence-corrected chi connectivity index (χ4v) is 12.2. The minimum atomic E-state index is -4.15. The van der Waals surface area contributed by atoms with E-state index in [1.165, 1.54) is 20.1 Å². The normalized spacial score (nSPS) is 27.9. The van der Waals surface area contributed by atoms with Gasteiger partial charge in [-0.2, -0.15) is 0 Å². The van der Waals surface area contributed by atoms with Crippen molar-refractivity contribution in [1.29, 1.82) is 0 Å². The highest BCUT2D eigenvalue weighted by atomic mass is 32.2. The summed E-state index contributed by atoms with van der Waals surface area (Å²) in [6, 6.07) is 1.79. The van der Waals surface area contributed by atoms with Gasteiger partial charge in [0.05, 0.1) is 52.6 Å². The predicted octanol–water partition coefficient (Wildman–Crippen LogP) is 6.45. The molecule has 1 spiro atoms. The van der Waals surface area contributed by atoms with Crippen molar-refractivity contribution < 1.29 is 59.0 Å². The van der Waals surface area contributed by atoms with E-state index in [4.69, 9.17) is 19.2 Å². The second-order valence-corrected chi connectivity index (χ2v) is 25.5. The molecule has 7 rings (SSSR count). The van der Waals surface area contributed by atoms with Crippen LogP contribution in [0.4, 0.5) is 13.6 Å². The Morgan fingerprint density at radius 1 is 1.04 bits per heavy atom. The molecule has 370 valence electrons. The maximum atomic E-state index is 17.3. The summed E-state index contributed by atoms with van der Waals surface area (Å²) in [5.74, 6) is -7.37. The molecule has 16 nitrogen and oxygen atoms in total. The Morgan fingerprint density at radius 3 is 2.39 bits per heavy atom. The number of amides is 4. The lowest BCUT2D eigenvalue weighted by Crippen LogP contribution is -2.70. The van der Waals surface area contributed by atoms with Gasteiger partial charge in [-0.3, -0.25) is 19.1 Å². The van der Waals surface area contributed by atoms with Crippen LogP contribution in [-0.4, -0.2) is 109 Å². The van der Waals surface area contributed by atoms with Crippen LogP contribution in [0, 0.1) is 5.92 Å². The van der Waals surface area contributed by atoms with Gasteiger partial charge in [0.15, 0.2) is 15.6 Å². The number of hydrogen-bond acceptors (Lipinski definition) is 12. The van der Waals surface area contributed by atoms with E-state index in [0.717, 1.165) is 4.90 Å². The first-order valence-electron chi connectivity index (χ1n) is 23.3. The monoisotopic (exact) mass is 977 g/mol. The van der Waals surface area contributed by atoms with E-state index < -0.39 is 125 Å². The van der Waals surface area contributed by atoms with Crippen LogP contribution < -0.4 is 24.8 Å². The van der Waals surface area contributed by atoms with Crippen molar-refractivity contribution in [2.45, 2.75) is 176 Å². The van der Waals surface area contributed by atoms with Gasteiger partial charge in [-0.05, 0) is 104 Å².